The summed E-state index contributed by atoms with van der Waals surface area (Å²) < 4.78 is 13.1. The number of nitrogens with zero attached hydrogens (tertiary/aromatic N) is 1. The van der Waals surface area contributed by atoms with Gasteiger partial charge >= 0.3 is 0 Å². The Bertz CT molecular complexity index is 1080. The summed E-state index contributed by atoms with van der Waals surface area (Å²) in [5.41, 5.74) is 4.46. The van der Waals surface area contributed by atoms with Crippen LogP contribution < -0.4 is 9.47 Å². The van der Waals surface area contributed by atoms with Crippen LogP contribution in [0.25, 0.3) is 16.3 Å². The van der Waals surface area contributed by atoms with E-state index in [1.807, 2.05) is 54.6 Å². The maximum atomic E-state index is 5.99. The zero-order valence-corrected chi connectivity index (χ0v) is 16.5. The third kappa shape index (κ3) is 4.07. The summed E-state index contributed by atoms with van der Waals surface area (Å²) in [6.45, 7) is 6.93. The summed E-state index contributed by atoms with van der Waals surface area (Å²) in [6.07, 6.45) is 1.88. The number of rotatable bonds is 7. The van der Waals surface area contributed by atoms with Gasteiger partial charge in [-0.25, -0.2) is 4.98 Å². The highest BCUT2D eigenvalue weighted by Crippen LogP contribution is 2.25. The summed E-state index contributed by atoms with van der Waals surface area (Å²) in [6, 6.07) is 22.0. The average Bonchev–Trinajstić information content (AvgIpc) is 3.14. The Morgan fingerprint density at radius 3 is 2.46 bits per heavy atom. The fraction of sp³-hybridized carbons (Fsp3) is 0.125. The van der Waals surface area contributed by atoms with Crippen LogP contribution in [0.4, 0.5) is 0 Å². The predicted octanol–water partition coefficient (Wildman–Crippen LogP) is 6.41. The number of ether oxygens (including phenoxy) is 2. The van der Waals surface area contributed by atoms with Crippen molar-refractivity contribution in [2.24, 2.45) is 0 Å². The van der Waals surface area contributed by atoms with E-state index in [0.29, 0.717) is 13.2 Å². The second-order valence-electron chi connectivity index (χ2n) is 6.48. The van der Waals surface area contributed by atoms with Gasteiger partial charge in [-0.2, -0.15) is 0 Å². The molecule has 0 bridgehead atoms. The molecule has 0 saturated heterocycles. The van der Waals surface area contributed by atoms with Crippen molar-refractivity contribution >= 4 is 27.6 Å². The summed E-state index contributed by atoms with van der Waals surface area (Å²) in [4.78, 5) is 4.61. The van der Waals surface area contributed by atoms with Crippen molar-refractivity contribution in [1.82, 2.24) is 4.98 Å². The minimum Gasteiger partial charge on any atom is -0.489 e. The van der Waals surface area contributed by atoms with Crippen molar-refractivity contribution in [2.45, 2.75) is 20.1 Å². The molecule has 140 valence electrons. The zero-order chi connectivity index (χ0) is 19.3. The molecule has 3 aromatic carbocycles. The number of hydrogen-bond donors (Lipinski definition) is 0. The second kappa shape index (κ2) is 8.28. The molecule has 0 aliphatic rings. The van der Waals surface area contributed by atoms with Crippen LogP contribution in [0.15, 0.2) is 73.3 Å². The van der Waals surface area contributed by atoms with Gasteiger partial charge in [0.1, 0.15) is 29.7 Å². The average molecular weight is 388 g/mol. The van der Waals surface area contributed by atoms with Crippen LogP contribution in [0.1, 0.15) is 21.7 Å². The van der Waals surface area contributed by atoms with Gasteiger partial charge < -0.3 is 9.47 Å². The summed E-state index contributed by atoms with van der Waals surface area (Å²) in [5, 5.41) is 0.961. The highest BCUT2D eigenvalue weighted by molar-refractivity contribution is 7.18. The van der Waals surface area contributed by atoms with Crippen molar-refractivity contribution in [3.8, 4) is 11.5 Å². The highest BCUT2D eigenvalue weighted by Gasteiger charge is 2.06. The van der Waals surface area contributed by atoms with E-state index >= 15 is 0 Å². The second-order valence-corrected chi connectivity index (χ2v) is 7.59. The Kier molecular flexibility index (Phi) is 5.40. The Morgan fingerprint density at radius 1 is 0.929 bits per heavy atom. The molecule has 28 heavy (non-hydrogen) atoms. The van der Waals surface area contributed by atoms with Gasteiger partial charge in [-0.3, -0.25) is 0 Å². The lowest BCUT2D eigenvalue weighted by molar-refractivity contribution is 0.289. The first-order valence-corrected chi connectivity index (χ1v) is 9.95. The molecule has 0 N–H and O–H groups in total. The third-order valence-corrected chi connectivity index (χ3v) is 5.53. The molecule has 4 rings (SSSR count). The topological polar surface area (TPSA) is 31.4 Å². The number of thiazole rings is 1. The molecule has 0 atom stereocenters. The molecule has 1 aromatic heterocycles. The molecule has 0 amide bonds. The number of benzene rings is 3. The first kappa shape index (κ1) is 18.3. The summed E-state index contributed by atoms with van der Waals surface area (Å²) in [7, 11) is 0. The van der Waals surface area contributed by atoms with Crippen LogP contribution in [-0.2, 0) is 13.2 Å². The van der Waals surface area contributed by atoms with Crippen LogP contribution in [0.5, 0.6) is 11.5 Å². The first-order chi connectivity index (χ1) is 13.7. The third-order valence-electron chi connectivity index (χ3n) is 4.52. The number of para-hydroxylation sites is 1. The molecule has 0 radical (unpaired) electrons. The minimum atomic E-state index is 0.446. The van der Waals surface area contributed by atoms with Crippen LogP contribution in [0.2, 0.25) is 0 Å². The van der Waals surface area contributed by atoms with Gasteiger partial charge in [0.15, 0.2) is 0 Å². The smallest absolute Gasteiger partial charge is 0.140 e. The largest absolute Gasteiger partial charge is 0.489 e. The molecule has 0 aliphatic heterocycles. The van der Waals surface area contributed by atoms with Gasteiger partial charge in [0.05, 0.1) is 10.2 Å². The first-order valence-electron chi connectivity index (χ1n) is 9.14. The predicted molar refractivity (Wildman–Crippen MR) is 116 cm³/mol. The number of aromatic nitrogens is 1. The van der Waals surface area contributed by atoms with Crippen molar-refractivity contribution in [2.75, 3.05) is 0 Å². The van der Waals surface area contributed by atoms with E-state index < -0.39 is 0 Å². The summed E-state index contributed by atoms with van der Waals surface area (Å²) >= 11 is 1.66. The Hall–Kier alpha value is -3.11. The molecular formula is C24H21NO2S. The van der Waals surface area contributed by atoms with Crippen LogP contribution in [0, 0.1) is 6.92 Å². The van der Waals surface area contributed by atoms with Crippen LogP contribution in [0.3, 0.4) is 0 Å². The van der Waals surface area contributed by atoms with E-state index in [-0.39, 0.29) is 0 Å². The molecule has 0 saturated carbocycles. The quantitative estimate of drug-likeness (QED) is 0.367. The van der Waals surface area contributed by atoms with E-state index in [4.69, 9.17) is 9.47 Å². The van der Waals surface area contributed by atoms with Gasteiger partial charge in [0, 0.05) is 6.07 Å². The lowest BCUT2D eigenvalue weighted by Gasteiger charge is -2.12. The molecule has 0 fully saturated rings. The Balaban J connectivity index is 1.41. The van der Waals surface area contributed by atoms with Crippen molar-refractivity contribution in [3.63, 3.8) is 0 Å². The Labute approximate surface area is 168 Å². The Morgan fingerprint density at radius 2 is 1.68 bits per heavy atom. The zero-order valence-electron chi connectivity index (χ0n) is 15.7. The molecule has 0 unspecified atom stereocenters. The molecule has 4 aromatic rings. The monoisotopic (exact) mass is 387 g/mol. The molecule has 0 spiro atoms. The lowest BCUT2D eigenvalue weighted by atomic mass is 10.0. The van der Waals surface area contributed by atoms with Crippen LogP contribution in [-0.4, -0.2) is 4.98 Å². The van der Waals surface area contributed by atoms with E-state index in [2.05, 4.69) is 36.7 Å². The van der Waals surface area contributed by atoms with E-state index in [1.165, 1.54) is 10.3 Å². The standard InChI is InChI=1S/C24H21NO2S/c1-3-21-17(2)8-6-9-18(21)15-26-19-10-7-11-20(14-19)27-16-24-25-22-12-4-5-13-23(22)28-24/h3-14H,1,15-16H2,2H3. The molecule has 3 nitrogen and oxygen atoms in total. The lowest BCUT2D eigenvalue weighted by Crippen LogP contribution is -2.00. The fourth-order valence-electron chi connectivity index (χ4n) is 3.10. The van der Waals surface area contributed by atoms with Gasteiger partial charge in [-0.1, -0.05) is 49.1 Å². The normalized spacial score (nSPS) is 10.8. The van der Waals surface area contributed by atoms with Gasteiger partial charge in [-0.05, 0) is 47.9 Å². The van der Waals surface area contributed by atoms with Gasteiger partial charge in [0.2, 0.25) is 0 Å². The van der Waals surface area contributed by atoms with Crippen molar-refractivity contribution in [1.29, 1.82) is 0 Å². The fourth-order valence-corrected chi connectivity index (χ4v) is 3.98. The summed E-state index contributed by atoms with van der Waals surface area (Å²) in [5.74, 6) is 1.54. The van der Waals surface area contributed by atoms with Gasteiger partial charge in [0.25, 0.3) is 0 Å². The molecular weight excluding hydrogens is 366 g/mol. The van der Waals surface area contributed by atoms with E-state index in [9.17, 15) is 0 Å². The maximum Gasteiger partial charge on any atom is 0.140 e. The molecule has 0 aliphatic carbocycles. The number of aryl methyl sites for hydroxylation is 1. The van der Waals surface area contributed by atoms with Crippen molar-refractivity contribution < 1.29 is 9.47 Å². The highest BCUT2D eigenvalue weighted by atomic mass is 32.1. The number of fused-ring (bicyclic) bond motifs is 1. The number of hydrogen-bond acceptors (Lipinski definition) is 4. The van der Waals surface area contributed by atoms with E-state index in [1.54, 1.807) is 11.3 Å². The molecule has 4 heteroatoms. The van der Waals surface area contributed by atoms with Crippen molar-refractivity contribution in [3.05, 3.63) is 95.0 Å². The SMILES string of the molecule is C=Cc1c(C)cccc1COc1cccc(OCc2nc3ccccc3s2)c1. The van der Waals surface area contributed by atoms with Gasteiger partial charge in [-0.15, -0.1) is 11.3 Å². The van der Waals surface area contributed by atoms with E-state index in [0.717, 1.165) is 33.2 Å². The molecule has 1 heterocycles. The van der Waals surface area contributed by atoms with Crippen LogP contribution >= 0.6 is 11.3 Å². The maximum absolute atomic E-state index is 5.99. The minimum absolute atomic E-state index is 0.446.